The maximum Gasteiger partial charge on any atom is 0.416 e. The van der Waals surface area contributed by atoms with Crippen molar-refractivity contribution in [2.45, 2.75) is 6.18 Å². The first-order valence-electron chi connectivity index (χ1n) is 5.86. The van der Waals surface area contributed by atoms with Crippen LogP contribution in [0.2, 0.25) is 10.0 Å². The van der Waals surface area contributed by atoms with Crippen molar-refractivity contribution in [3.8, 4) is 11.3 Å². The number of pyridine rings is 1. The molecule has 0 N–H and O–H groups in total. The van der Waals surface area contributed by atoms with Crippen LogP contribution in [0, 0.1) is 0 Å². The van der Waals surface area contributed by atoms with Gasteiger partial charge >= 0.3 is 6.18 Å². The Bertz CT molecular complexity index is 804. The normalized spacial score (nSPS) is 12.0. The molecule has 0 aliphatic heterocycles. The fraction of sp³-hybridized carbons (Fsp3) is 0.0714. The van der Waals surface area contributed by atoms with E-state index >= 15 is 0 Å². The van der Waals surface area contributed by atoms with Gasteiger partial charge in [0, 0.05) is 18.0 Å². The van der Waals surface area contributed by atoms with Gasteiger partial charge in [-0.25, -0.2) is 4.98 Å². The second kappa shape index (κ2) is 4.93. The molecule has 0 spiro atoms. The molecule has 0 unspecified atom stereocenters. The van der Waals surface area contributed by atoms with Crippen molar-refractivity contribution in [1.29, 1.82) is 0 Å². The first-order chi connectivity index (χ1) is 9.86. The van der Waals surface area contributed by atoms with Gasteiger partial charge in [0.1, 0.15) is 5.65 Å². The lowest BCUT2D eigenvalue weighted by atomic mass is 10.2. The summed E-state index contributed by atoms with van der Waals surface area (Å²) in [6.45, 7) is 0. The number of halogens is 5. The molecule has 0 amide bonds. The summed E-state index contributed by atoms with van der Waals surface area (Å²) in [6, 6.07) is 6.95. The smallest absolute Gasteiger partial charge is 0.306 e. The van der Waals surface area contributed by atoms with Crippen molar-refractivity contribution in [3.63, 3.8) is 0 Å². The summed E-state index contributed by atoms with van der Waals surface area (Å²) in [5.41, 5.74) is 0.344. The lowest BCUT2D eigenvalue weighted by Gasteiger charge is -2.05. The number of nitrogens with zero attached hydrogens (tertiary/aromatic N) is 2. The van der Waals surface area contributed by atoms with E-state index in [1.165, 1.54) is 10.6 Å². The van der Waals surface area contributed by atoms with Gasteiger partial charge in [-0.15, -0.1) is 0 Å². The molecule has 108 valence electrons. The Morgan fingerprint density at radius 3 is 2.33 bits per heavy atom. The number of fused-ring (bicyclic) bond motifs is 1. The number of alkyl halides is 3. The molecule has 3 aromatic rings. The number of hydrogen-bond donors (Lipinski definition) is 0. The third-order valence-corrected chi connectivity index (χ3v) is 3.64. The monoisotopic (exact) mass is 330 g/mol. The molecule has 0 fully saturated rings. The highest BCUT2D eigenvalue weighted by atomic mass is 35.5. The van der Waals surface area contributed by atoms with E-state index in [-0.39, 0.29) is 5.65 Å². The molecule has 0 bridgehead atoms. The summed E-state index contributed by atoms with van der Waals surface area (Å²) in [5, 5.41) is 0.781. The molecule has 0 saturated heterocycles. The Morgan fingerprint density at radius 2 is 1.71 bits per heavy atom. The zero-order valence-electron chi connectivity index (χ0n) is 10.3. The predicted octanol–water partition coefficient (Wildman–Crippen LogP) is 5.33. The highest BCUT2D eigenvalue weighted by Crippen LogP contribution is 2.35. The summed E-state index contributed by atoms with van der Waals surface area (Å²) >= 11 is 12.2. The number of aromatic nitrogens is 2. The molecular weight excluding hydrogens is 324 g/mol. The summed E-state index contributed by atoms with van der Waals surface area (Å²) in [7, 11) is 0. The maximum atomic E-state index is 12.7. The van der Waals surface area contributed by atoms with Crippen molar-refractivity contribution >= 4 is 28.8 Å². The van der Waals surface area contributed by atoms with E-state index in [0.29, 0.717) is 21.3 Å². The predicted molar refractivity (Wildman–Crippen MR) is 75.7 cm³/mol. The van der Waals surface area contributed by atoms with Crippen LogP contribution in [0.15, 0.2) is 42.7 Å². The number of benzene rings is 1. The van der Waals surface area contributed by atoms with Crippen LogP contribution in [0.3, 0.4) is 0 Å². The highest BCUT2D eigenvalue weighted by Gasteiger charge is 2.30. The van der Waals surface area contributed by atoms with Crippen LogP contribution in [0.4, 0.5) is 13.2 Å². The fourth-order valence-electron chi connectivity index (χ4n) is 2.02. The third kappa shape index (κ3) is 2.59. The van der Waals surface area contributed by atoms with Gasteiger partial charge in [-0.05, 0) is 24.3 Å². The lowest BCUT2D eigenvalue weighted by molar-refractivity contribution is -0.137. The van der Waals surface area contributed by atoms with Crippen molar-refractivity contribution in [3.05, 3.63) is 58.3 Å². The van der Waals surface area contributed by atoms with Crippen LogP contribution < -0.4 is 0 Å². The Labute approximate surface area is 127 Å². The van der Waals surface area contributed by atoms with E-state index in [1.54, 1.807) is 24.4 Å². The van der Waals surface area contributed by atoms with Crippen molar-refractivity contribution in [2.24, 2.45) is 0 Å². The van der Waals surface area contributed by atoms with E-state index in [4.69, 9.17) is 23.2 Å². The third-order valence-electron chi connectivity index (χ3n) is 3.01. The Balaban J connectivity index is 2.18. The maximum absolute atomic E-state index is 12.7. The topological polar surface area (TPSA) is 17.3 Å². The summed E-state index contributed by atoms with van der Waals surface area (Å²) in [6.07, 6.45) is -1.52. The van der Waals surface area contributed by atoms with Crippen LogP contribution in [0.1, 0.15) is 5.56 Å². The number of hydrogen-bond acceptors (Lipinski definition) is 1. The van der Waals surface area contributed by atoms with Crippen molar-refractivity contribution in [1.82, 2.24) is 9.38 Å². The zero-order chi connectivity index (χ0) is 15.2. The van der Waals surface area contributed by atoms with Crippen LogP contribution in [0.25, 0.3) is 16.9 Å². The SMILES string of the molecule is FC(F)(F)c1ccn2cc(-c3c(Cl)cccc3Cl)nc2c1. The Hall–Kier alpha value is -1.72. The Kier molecular flexibility index (Phi) is 3.34. The van der Waals surface area contributed by atoms with Gasteiger partial charge in [-0.1, -0.05) is 29.3 Å². The molecule has 0 radical (unpaired) electrons. The van der Waals surface area contributed by atoms with Gasteiger partial charge in [0.2, 0.25) is 0 Å². The quantitative estimate of drug-likeness (QED) is 0.589. The average Bonchev–Trinajstić information content (AvgIpc) is 2.79. The number of rotatable bonds is 1. The van der Waals surface area contributed by atoms with Gasteiger partial charge in [0.05, 0.1) is 21.3 Å². The van der Waals surface area contributed by atoms with Gasteiger partial charge in [0.15, 0.2) is 0 Å². The Morgan fingerprint density at radius 1 is 1.05 bits per heavy atom. The van der Waals surface area contributed by atoms with Gasteiger partial charge in [-0.3, -0.25) is 0 Å². The van der Waals surface area contributed by atoms with Crippen LogP contribution in [-0.4, -0.2) is 9.38 Å². The minimum absolute atomic E-state index is 0.177. The van der Waals surface area contributed by atoms with E-state index in [0.717, 1.165) is 12.1 Å². The molecular formula is C14H7Cl2F3N2. The number of imidazole rings is 1. The van der Waals surface area contributed by atoms with Crippen LogP contribution in [-0.2, 0) is 6.18 Å². The molecule has 0 aliphatic rings. The molecule has 1 aromatic carbocycles. The van der Waals surface area contributed by atoms with Crippen molar-refractivity contribution in [2.75, 3.05) is 0 Å². The van der Waals surface area contributed by atoms with Gasteiger partial charge < -0.3 is 4.40 Å². The van der Waals surface area contributed by atoms with E-state index in [2.05, 4.69) is 4.98 Å². The van der Waals surface area contributed by atoms with Crippen molar-refractivity contribution < 1.29 is 13.2 Å². The standard InChI is InChI=1S/C14H7Cl2F3N2/c15-9-2-1-3-10(16)13(9)11-7-21-5-4-8(14(17,18)19)6-12(21)20-11/h1-7H. The second-order valence-electron chi connectivity index (χ2n) is 4.40. The lowest BCUT2D eigenvalue weighted by Crippen LogP contribution is -2.05. The molecule has 2 heterocycles. The molecule has 3 rings (SSSR count). The molecule has 7 heteroatoms. The largest absolute Gasteiger partial charge is 0.416 e. The molecule has 0 atom stereocenters. The van der Waals surface area contributed by atoms with E-state index < -0.39 is 11.7 Å². The molecule has 0 aliphatic carbocycles. The molecule has 0 saturated carbocycles. The summed E-state index contributed by atoms with van der Waals surface area (Å²) < 4.78 is 39.6. The van der Waals surface area contributed by atoms with Crippen LogP contribution >= 0.6 is 23.2 Å². The van der Waals surface area contributed by atoms with Crippen LogP contribution in [0.5, 0.6) is 0 Å². The molecule has 2 nitrogen and oxygen atoms in total. The van der Waals surface area contributed by atoms with Gasteiger partial charge in [-0.2, -0.15) is 13.2 Å². The molecule has 21 heavy (non-hydrogen) atoms. The van der Waals surface area contributed by atoms with E-state index in [1.807, 2.05) is 0 Å². The molecule has 2 aromatic heterocycles. The van der Waals surface area contributed by atoms with E-state index in [9.17, 15) is 13.2 Å². The minimum Gasteiger partial charge on any atom is -0.306 e. The fourth-order valence-corrected chi connectivity index (χ4v) is 2.61. The summed E-state index contributed by atoms with van der Waals surface area (Å²) in [5.74, 6) is 0. The summed E-state index contributed by atoms with van der Waals surface area (Å²) in [4.78, 5) is 4.17. The zero-order valence-corrected chi connectivity index (χ0v) is 11.8. The highest BCUT2D eigenvalue weighted by molar-refractivity contribution is 6.39. The first kappa shape index (κ1) is 14.2. The van der Waals surface area contributed by atoms with Gasteiger partial charge in [0.25, 0.3) is 0 Å². The second-order valence-corrected chi connectivity index (χ2v) is 5.22. The average molecular weight is 331 g/mol. The minimum atomic E-state index is -4.41. The first-order valence-corrected chi connectivity index (χ1v) is 6.62.